The predicted molar refractivity (Wildman–Crippen MR) is 174 cm³/mol. The molecule has 0 saturated carbocycles. The van der Waals surface area contributed by atoms with Crippen LogP contribution in [0.15, 0.2) is 29.3 Å². The number of benzene rings is 2. The molecule has 18 heteroatoms. The number of nitrogens with zero attached hydrogens (tertiary/aromatic N) is 5. The molecule has 2 aromatic carbocycles. The molecule has 51 heavy (non-hydrogen) atoms. The van der Waals surface area contributed by atoms with Crippen molar-refractivity contribution in [2.24, 2.45) is 4.99 Å². The van der Waals surface area contributed by atoms with Crippen molar-refractivity contribution in [2.75, 3.05) is 51.4 Å². The lowest BCUT2D eigenvalue weighted by Gasteiger charge is -2.42. The minimum Gasteiger partial charge on any atom is -0.465 e. The van der Waals surface area contributed by atoms with Gasteiger partial charge < -0.3 is 29.1 Å². The second-order valence-corrected chi connectivity index (χ2v) is 14.3. The lowest BCUT2D eigenvalue weighted by Crippen LogP contribution is -2.56. The zero-order valence-electron chi connectivity index (χ0n) is 26.5. The molecule has 2 atom stereocenters. The number of halogens is 6. The number of fused-ring (bicyclic) bond motifs is 2. The summed E-state index contributed by atoms with van der Waals surface area (Å²) < 4.78 is 93.2. The number of thiophene rings is 1. The number of rotatable bonds is 8. The van der Waals surface area contributed by atoms with E-state index in [4.69, 9.17) is 25.8 Å². The monoisotopic (exact) mass is 750 g/mol. The molecule has 1 aromatic heterocycles. The van der Waals surface area contributed by atoms with Gasteiger partial charge in [-0.2, -0.15) is 5.26 Å². The molecule has 2 N–H and O–H groups in total. The van der Waals surface area contributed by atoms with Crippen LogP contribution in [-0.4, -0.2) is 96.2 Å². The van der Waals surface area contributed by atoms with Crippen LogP contribution >= 0.6 is 22.9 Å². The molecule has 0 spiro atoms. The van der Waals surface area contributed by atoms with E-state index in [9.17, 15) is 28.3 Å². The Morgan fingerprint density at radius 3 is 2.82 bits per heavy atom. The highest BCUT2D eigenvalue weighted by Crippen LogP contribution is 2.46. The summed E-state index contributed by atoms with van der Waals surface area (Å²) in [6, 6.07) is 3.83. The fraction of sp³-hybridized carbons (Fsp3) is 0.424. The van der Waals surface area contributed by atoms with E-state index in [1.165, 1.54) is 17.2 Å². The van der Waals surface area contributed by atoms with Crippen molar-refractivity contribution in [3.8, 4) is 22.9 Å². The predicted octanol–water partition coefficient (Wildman–Crippen LogP) is 5.17. The van der Waals surface area contributed by atoms with Gasteiger partial charge >= 0.3 is 12.0 Å². The highest BCUT2D eigenvalue weighted by molar-refractivity contribution is 7.23. The molecule has 0 bridgehead atoms. The highest BCUT2D eigenvalue weighted by Gasteiger charge is 2.50. The van der Waals surface area contributed by atoms with Gasteiger partial charge in [0.25, 0.3) is 6.43 Å². The maximum Gasteiger partial charge on any atom is 0.409 e. The summed E-state index contributed by atoms with van der Waals surface area (Å²) in [5.74, 6) is -2.55. The number of nitrogens with one attached hydrogen (secondary N) is 1. The van der Waals surface area contributed by atoms with E-state index >= 15 is 8.78 Å². The van der Waals surface area contributed by atoms with Gasteiger partial charge in [-0.25, -0.2) is 26.7 Å². The SMILES string of the molecule is N#Cc1c(NC(=O)O)sc2c(F)ccc(-c3c(F)c4c5c(c3Cl)=NCN(C3COC3)C=5N(CC(F)F)C=C(OC[C@@]35CCCN3C[C@H](F)C5)O4)c12. The Bertz CT molecular complexity index is 2180. The Hall–Kier alpha value is -4.37. The van der Waals surface area contributed by atoms with Crippen LogP contribution in [0.3, 0.4) is 0 Å². The number of alkyl halides is 3. The van der Waals surface area contributed by atoms with Crippen LogP contribution in [0, 0.1) is 23.0 Å². The number of hydrogen-bond acceptors (Lipinski definition) is 10. The highest BCUT2D eigenvalue weighted by atomic mass is 35.5. The number of nitriles is 1. The fourth-order valence-corrected chi connectivity index (χ4v) is 9.11. The molecule has 1 amide bonds. The first-order chi connectivity index (χ1) is 24.5. The van der Waals surface area contributed by atoms with E-state index in [2.05, 4.69) is 10.3 Å². The van der Waals surface area contributed by atoms with Gasteiger partial charge in [0, 0.05) is 23.9 Å². The van der Waals surface area contributed by atoms with Crippen molar-refractivity contribution in [1.82, 2.24) is 14.7 Å². The average molecular weight is 751 g/mol. The van der Waals surface area contributed by atoms with Gasteiger partial charge in [0.1, 0.15) is 42.2 Å². The van der Waals surface area contributed by atoms with Crippen LogP contribution in [0.2, 0.25) is 5.02 Å². The average Bonchev–Trinajstić information content (AvgIpc) is 3.67. The third kappa shape index (κ3) is 5.50. The Morgan fingerprint density at radius 2 is 2.12 bits per heavy atom. The molecule has 3 saturated heterocycles. The van der Waals surface area contributed by atoms with Crippen LogP contribution in [-0.2, 0) is 9.47 Å². The standard InChI is InChI=1S/C33H28ClF5N6O5S/c34-25-23(17-2-3-19(36)29-22(17)18(7-40)30(51-29)42-32(46)47)26(39)28-24-27(25)41-14-45(16-11-48-12-16)31(24)43(9-20(37)38)10-21(50-28)49-13-33-4-1-5-44(33)8-15(35)6-33/h2-3,10,15-16,20,42H,1,4-6,8-9,11-14H2,(H,46,47)/t15-,33+/m1/s1. The van der Waals surface area contributed by atoms with Crippen molar-refractivity contribution in [1.29, 1.82) is 5.26 Å². The molecule has 0 radical (unpaired) electrons. The summed E-state index contributed by atoms with van der Waals surface area (Å²) in [7, 11) is 0. The molecule has 0 unspecified atom stereocenters. The van der Waals surface area contributed by atoms with Crippen molar-refractivity contribution >= 4 is 49.9 Å². The first-order valence-corrected chi connectivity index (χ1v) is 17.2. The molecule has 11 nitrogen and oxygen atoms in total. The zero-order valence-corrected chi connectivity index (χ0v) is 28.1. The molecule has 8 rings (SSSR count). The largest absolute Gasteiger partial charge is 0.465 e. The molecule has 268 valence electrons. The van der Waals surface area contributed by atoms with Crippen LogP contribution < -0.4 is 20.6 Å². The van der Waals surface area contributed by atoms with Gasteiger partial charge in [-0.1, -0.05) is 17.7 Å². The Kier molecular flexibility index (Phi) is 8.40. The van der Waals surface area contributed by atoms with Gasteiger partial charge in [-0.05, 0) is 31.0 Å². The molecule has 6 heterocycles. The van der Waals surface area contributed by atoms with Crippen LogP contribution in [0.4, 0.5) is 31.7 Å². The summed E-state index contributed by atoms with van der Waals surface area (Å²) >= 11 is 7.62. The quantitative estimate of drug-likeness (QED) is 0.301. The first-order valence-electron chi connectivity index (χ1n) is 16.1. The summed E-state index contributed by atoms with van der Waals surface area (Å²) in [6.07, 6.45) is -2.53. The number of amides is 1. The van der Waals surface area contributed by atoms with E-state index in [-0.39, 0.29) is 105 Å². The first kappa shape index (κ1) is 33.8. The minimum absolute atomic E-state index is 0.00445. The Labute approximate surface area is 295 Å². The smallest absolute Gasteiger partial charge is 0.409 e. The van der Waals surface area contributed by atoms with Crippen molar-refractivity contribution < 1.29 is 46.1 Å². The molecule has 0 aliphatic carbocycles. The molecule has 3 fully saturated rings. The van der Waals surface area contributed by atoms with Crippen molar-refractivity contribution in [3.05, 3.63) is 57.1 Å². The maximum atomic E-state index is 17.4. The Balaban J connectivity index is 1.35. The number of carboxylic acid groups (broad SMARTS) is 1. The zero-order chi connectivity index (χ0) is 35.8. The van der Waals surface area contributed by atoms with E-state index in [0.29, 0.717) is 24.3 Å². The number of hydrogen-bond donors (Lipinski definition) is 2. The third-order valence-electron chi connectivity index (χ3n) is 9.96. The third-order valence-corrected chi connectivity index (χ3v) is 11.4. The molecule has 5 aliphatic rings. The fourth-order valence-electron chi connectivity index (χ4n) is 7.70. The van der Waals surface area contributed by atoms with Gasteiger partial charge in [0.2, 0.25) is 0 Å². The van der Waals surface area contributed by atoms with Gasteiger partial charge in [-0.15, -0.1) is 11.3 Å². The van der Waals surface area contributed by atoms with E-state index < -0.39 is 48.2 Å². The summed E-state index contributed by atoms with van der Waals surface area (Å²) in [6.45, 7) is 0.462. The lowest BCUT2D eigenvalue weighted by molar-refractivity contribution is -0.0504. The van der Waals surface area contributed by atoms with E-state index in [0.717, 1.165) is 12.5 Å². The lowest BCUT2D eigenvalue weighted by atomic mass is 9.95. The van der Waals surface area contributed by atoms with E-state index in [1.807, 2.05) is 11.0 Å². The molecular weight excluding hydrogens is 723 g/mol. The summed E-state index contributed by atoms with van der Waals surface area (Å²) in [5, 5.41) is 20.9. The summed E-state index contributed by atoms with van der Waals surface area (Å²) in [5.41, 5.74) is -1.31. The summed E-state index contributed by atoms with van der Waals surface area (Å²) in [4.78, 5) is 21.0. The number of carbonyl (C=O) groups is 1. The number of ether oxygens (including phenoxy) is 3. The van der Waals surface area contributed by atoms with Gasteiger partial charge in [-0.3, -0.25) is 15.2 Å². The minimum atomic E-state index is -2.85. The second kappa shape index (κ2) is 12.7. The number of anilines is 1. The molecule has 3 aromatic rings. The van der Waals surface area contributed by atoms with Crippen molar-refractivity contribution in [3.63, 3.8) is 0 Å². The van der Waals surface area contributed by atoms with Crippen LogP contribution in [0.1, 0.15) is 24.8 Å². The van der Waals surface area contributed by atoms with Crippen LogP contribution in [0.25, 0.3) is 27.0 Å². The maximum absolute atomic E-state index is 17.4. The molecule has 5 aliphatic heterocycles. The topological polar surface area (TPSA) is 123 Å². The van der Waals surface area contributed by atoms with Gasteiger partial charge in [0.05, 0.1) is 63.4 Å². The normalized spacial score (nSPS) is 22.9. The van der Waals surface area contributed by atoms with Crippen molar-refractivity contribution in [2.45, 2.75) is 43.4 Å². The van der Waals surface area contributed by atoms with Gasteiger partial charge in [0.15, 0.2) is 11.6 Å². The Morgan fingerprint density at radius 1 is 1.31 bits per heavy atom. The van der Waals surface area contributed by atoms with Crippen LogP contribution in [0.5, 0.6) is 5.75 Å². The van der Waals surface area contributed by atoms with E-state index in [1.54, 1.807) is 4.90 Å². The molecular formula is C33H28ClF5N6O5S. The second-order valence-electron chi connectivity index (χ2n) is 12.9.